The summed E-state index contributed by atoms with van der Waals surface area (Å²) in [5.41, 5.74) is 1.14. The number of benzene rings is 2. The van der Waals surface area contributed by atoms with Crippen LogP contribution in [0, 0.1) is 5.92 Å². The second-order valence-corrected chi connectivity index (χ2v) is 8.29. The lowest BCUT2D eigenvalue weighted by atomic mass is 9.97. The molecular weight excluding hydrogens is 358 g/mol. The first kappa shape index (κ1) is 21.2. The number of hydrogen-bond donors (Lipinski definition) is 1. The maximum Gasteiger partial charge on any atom is 0.233 e. The first-order valence-corrected chi connectivity index (χ1v) is 10.1. The van der Waals surface area contributed by atoms with Crippen LogP contribution in [-0.2, 0) is 4.79 Å². The van der Waals surface area contributed by atoms with Crippen molar-refractivity contribution in [3.8, 4) is 11.5 Å². The Kier molecular flexibility index (Phi) is 8.04. The number of methoxy groups -OCH3 is 2. The van der Waals surface area contributed by atoms with E-state index in [0.29, 0.717) is 17.4 Å². The fraction of sp³-hybridized carbons (Fsp3) is 0.409. The second-order valence-electron chi connectivity index (χ2n) is 6.88. The van der Waals surface area contributed by atoms with E-state index >= 15 is 0 Å². The van der Waals surface area contributed by atoms with Crippen LogP contribution < -0.4 is 14.8 Å². The number of hydrogen-bond acceptors (Lipinski definition) is 4. The first-order chi connectivity index (χ1) is 12.9. The summed E-state index contributed by atoms with van der Waals surface area (Å²) in [5, 5.41) is 3.00. The molecule has 0 heterocycles. The van der Waals surface area contributed by atoms with Crippen molar-refractivity contribution in [1.82, 2.24) is 5.32 Å². The van der Waals surface area contributed by atoms with E-state index in [0.717, 1.165) is 16.9 Å². The Hall–Kier alpha value is -2.14. The highest BCUT2D eigenvalue weighted by Crippen LogP contribution is 2.34. The maximum atomic E-state index is 12.8. The first-order valence-electron chi connectivity index (χ1n) is 9.18. The largest absolute Gasteiger partial charge is 0.493 e. The van der Waals surface area contributed by atoms with Crippen molar-refractivity contribution in [2.45, 2.75) is 43.4 Å². The highest BCUT2D eigenvalue weighted by molar-refractivity contribution is 8.00. The summed E-state index contributed by atoms with van der Waals surface area (Å²) >= 11 is 1.51. The van der Waals surface area contributed by atoms with Crippen LogP contribution in [0.2, 0.25) is 0 Å². The number of nitrogens with one attached hydrogen (secondary N) is 1. The molecule has 0 aliphatic rings. The minimum Gasteiger partial charge on any atom is -0.493 e. The molecule has 0 fully saturated rings. The van der Waals surface area contributed by atoms with Gasteiger partial charge in [0.25, 0.3) is 0 Å². The Morgan fingerprint density at radius 2 is 1.67 bits per heavy atom. The zero-order valence-corrected chi connectivity index (χ0v) is 17.5. The van der Waals surface area contributed by atoms with Crippen molar-refractivity contribution in [3.05, 3.63) is 54.1 Å². The molecule has 0 radical (unpaired) electrons. The van der Waals surface area contributed by atoms with Gasteiger partial charge in [-0.25, -0.2) is 0 Å². The Morgan fingerprint density at radius 1 is 1.00 bits per heavy atom. The number of thioether (sulfide) groups is 1. The number of carbonyl (C=O) groups is 1. The van der Waals surface area contributed by atoms with Crippen LogP contribution in [0.4, 0.5) is 0 Å². The van der Waals surface area contributed by atoms with Gasteiger partial charge in [0.05, 0.1) is 25.5 Å². The zero-order valence-electron chi connectivity index (χ0n) is 16.7. The standard InChI is InChI=1S/C22H29NO3S/c1-15(2)13-19(17-9-7-6-8-10-17)23-22(24)16(3)27-18-11-12-20(25-4)21(14-18)26-5/h6-12,14-16,19H,13H2,1-5H3,(H,23,24)/t16-,19+/m1/s1. The summed E-state index contributed by atoms with van der Waals surface area (Å²) in [4.78, 5) is 13.8. The van der Waals surface area contributed by atoms with Crippen LogP contribution in [0.3, 0.4) is 0 Å². The molecular formula is C22H29NO3S. The lowest BCUT2D eigenvalue weighted by molar-refractivity contribution is -0.121. The van der Waals surface area contributed by atoms with Gasteiger partial charge < -0.3 is 14.8 Å². The van der Waals surface area contributed by atoms with Gasteiger partial charge in [0.1, 0.15) is 0 Å². The number of rotatable bonds is 9. The second kappa shape index (κ2) is 10.3. The average Bonchev–Trinajstić information content (AvgIpc) is 2.67. The predicted molar refractivity (Wildman–Crippen MR) is 112 cm³/mol. The molecule has 0 aromatic heterocycles. The number of amides is 1. The Morgan fingerprint density at radius 3 is 2.26 bits per heavy atom. The summed E-state index contributed by atoms with van der Waals surface area (Å²) in [6.07, 6.45) is 0.906. The minimum absolute atomic E-state index is 0.0205. The lowest BCUT2D eigenvalue weighted by Crippen LogP contribution is -2.35. The highest BCUT2D eigenvalue weighted by Gasteiger charge is 2.21. The Balaban J connectivity index is 2.07. The van der Waals surface area contributed by atoms with Crippen LogP contribution >= 0.6 is 11.8 Å². The van der Waals surface area contributed by atoms with Crippen LogP contribution in [0.25, 0.3) is 0 Å². The molecule has 4 nitrogen and oxygen atoms in total. The van der Waals surface area contributed by atoms with E-state index in [1.807, 2.05) is 43.3 Å². The van der Waals surface area contributed by atoms with Gasteiger partial charge in [-0.15, -0.1) is 11.8 Å². The summed E-state index contributed by atoms with van der Waals surface area (Å²) in [7, 11) is 3.22. The molecule has 0 unspecified atom stereocenters. The molecule has 0 aliphatic heterocycles. The zero-order chi connectivity index (χ0) is 19.8. The molecule has 2 aromatic rings. The van der Waals surface area contributed by atoms with E-state index in [-0.39, 0.29) is 17.2 Å². The van der Waals surface area contributed by atoms with E-state index in [1.165, 1.54) is 11.8 Å². The topological polar surface area (TPSA) is 47.6 Å². The van der Waals surface area contributed by atoms with Gasteiger partial charge in [0.2, 0.25) is 5.91 Å². The molecule has 0 bridgehead atoms. The van der Waals surface area contributed by atoms with Crippen LogP contribution in [0.5, 0.6) is 11.5 Å². The van der Waals surface area contributed by atoms with Gasteiger partial charge >= 0.3 is 0 Å². The molecule has 5 heteroatoms. The number of ether oxygens (including phenoxy) is 2. The van der Waals surface area contributed by atoms with Crippen molar-refractivity contribution in [2.75, 3.05) is 14.2 Å². The van der Waals surface area contributed by atoms with E-state index in [9.17, 15) is 4.79 Å². The summed E-state index contributed by atoms with van der Waals surface area (Å²) in [6, 6.07) is 15.9. The molecule has 0 spiro atoms. The van der Waals surface area contributed by atoms with Crippen LogP contribution in [-0.4, -0.2) is 25.4 Å². The van der Waals surface area contributed by atoms with Crippen molar-refractivity contribution >= 4 is 17.7 Å². The van der Waals surface area contributed by atoms with E-state index in [1.54, 1.807) is 14.2 Å². The molecule has 1 N–H and O–H groups in total. The molecule has 27 heavy (non-hydrogen) atoms. The molecule has 146 valence electrons. The van der Waals surface area contributed by atoms with Gasteiger partial charge in [-0.2, -0.15) is 0 Å². The smallest absolute Gasteiger partial charge is 0.233 e. The van der Waals surface area contributed by atoms with Crippen molar-refractivity contribution in [3.63, 3.8) is 0 Å². The molecule has 2 aromatic carbocycles. The van der Waals surface area contributed by atoms with E-state index in [4.69, 9.17) is 9.47 Å². The monoisotopic (exact) mass is 387 g/mol. The molecule has 0 aliphatic carbocycles. The van der Waals surface area contributed by atoms with E-state index < -0.39 is 0 Å². The van der Waals surface area contributed by atoms with Crippen molar-refractivity contribution < 1.29 is 14.3 Å². The molecule has 2 atom stereocenters. The Bertz CT molecular complexity index is 734. The summed E-state index contributed by atoms with van der Waals surface area (Å²) < 4.78 is 10.6. The minimum atomic E-state index is -0.221. The van der Waals surface area contributed by atoms with Crippen molar-refractivity contribution in [2.24, 2.45) is 5.92 Å². The summed E-state index contributed by atoms with van der Waals surface area (Å²) in [6.45, 7) is 6.27. The highest BCUT2D eigenvalue weighted by atomic mass is 32.2. The van der Waals surface area contributed by atoms with Gasteiger partial charge in [0, 0.05) is 4.90 Å². The quantitative estimate of drug-likeness (QED) is 0.609. The molecule has 0 saturated heterocycles. The lowest BCUT2D eigenvalue weighted by Gasteiger charge is -2.23. The van der Waals surface area contributed by atoms with Gasteiger partial charge in [-0.3, -0.25) is 4.79 Å². The van der Waals surface area contributed by atoms with Crippen molar-refractivity contribution in [1.29, 1.82) is 0 Å². The van der Waals surface area contributed by atoms with Gasteiger partial charge in [-0.1, -0.05) is 44.2 Å². The Labute approximate surface area is 166 Å². The molecule has 0 saturated carbocycles. The third-order valence-electron chi connectivity index (χ3n) is 4.26. The molecule has 2 rings (SSSR count). The van der Waals surface area contributed by atoms with Crippen LogP contribution in [0.15, 0.2) is 53.4 Å². The fourth-order valence-electron chi connectivity index (χ4n) is 2.87. The summed E-state index contributed by atoms with van der Waals surface area (Å²) in [5.74, 6) is 1.87. The predicted octanol–water partition coefficient (Wildman–Crippen LogP) is 5.09. The number of carbonyl (C=O) groups excluding carboxylic acids is 1. The van der Waals surface area contributed by atoms with E-state index in [2.05, 4.69) is 31.3 Å². The fourth-order valence-corrected chi connectivity index (χ4v) is 3.78. The van der Waals surface area contributed by atoms with Gasteiger partial charge in [-0.05, 0) is 43.0 Å². The third-order valence-corrected chi connectivity index (χ3v) is 5.36. The SMILES string of the molecule is COc1ccc(S[C@H](C)C(=O)N[C@@H](CC(C)C)c2ccccc2)cc1OC. The third kappa shape index (κ3) is 6.21. The maximum absolute atomic E-state index is 12.8. The average molecular weight is 388 g/mol. The normalized spacial score (nSPS) is 13.1. The molecule has 1 amide bonds. The van der Waals surface area contributed by atoms with Gasteiger partial charge in [0.15, 0.2) is 11.5 Å². The van der Waals surface area contributed by atoms with Crippen LogP contribution in [0.1, 0.15) is 38.8 Å².